The Hall–Kier alpha value is -2.89. The molecule has 30 heavy (non-hydrogen) atoms. The number of fused-ring (bicyclic) bond motifs is 1. The predicted molar refractivity (Wildman–Crippen MR) is 102 cm³/mol. The summed E-state index contributed by atoms with van der Waals surface area (Å²) >= 11 is 0. The molecular formula is C19H22N8O3. The molecule has 1 saturated carbocycles. The quantitative estimate of drug-likeness (QED) is 0.603. The van der Waals surface area contributed by atoms with Gasteiger partial charge < -0.3 is 19.5 Å². The van der Waals surface area contributed by atoms with Crippen LogP contribution in [0.2, 0.25) is 0 Å². The maximum atomic E-state index is 6.07. The van der Waals surface area contributed by atoms with Crippen LogP contribution in [0.15, 0.2) is 36.9 Å². The monoisotopic (exact) mass is 410 g/mol. The number of benzene rings is 1. The summed E-state index contributed by atoms with van der Waals surface area (Å²) in [5.41, 5.74) is 0.885. The largest absolute Gasteiger partial charge is 0.423 e. The van der Waals surface area contributed by atoms with Crippen LogP contribution in [-0.2, 0) is 9.47 Å². The standard InChI is InChI=1S/C19H22N8O3/c1-2-12(1)7-21-15-8-28-18-16(9-29-17(15)18)27-19(23-24-25-27)30-14-5-3-13(4-6-14)26-11-20-10-22-26/h3-6,10-12,15-18,21H,1-2,7-9H2/t15-,16-,17+,18+/m0/s1. The Morgan fingerprint density at radius 2 is 1.97 bits per heavy atom. The van der Waals surface area contributed by atoms with Crippen molar-refractivity contribution < 1.29 is 14.2 Å². The predicted octanol–water partition coefficient (Wildman–Crippen LogP) is 0.753. The van der Waals surface area contributed by atoms with Gasteiger partial charge in [-0.05, 0) is 60.0 Å². The van der Waals surface area contributed by atoms with Crippen molar-refractivity contribution in [3.05, 3.63) is 36.9 Å². The molecule has 156 valence electrons. The Balaban J connectivity index is 1.15. The molecule has 0 spiro atoms. The molecule has 1 aliphatic carbocycles. The normalized spacial score (nSPS) is 28.0. The molecule has 2 saturated heterocycles. The second-order valence-corrected chi connectivity index (χ2v) is 7.96. The van der Waals surface area contributed by atoms with E-state index in [0.29, 0.717) is 25.0 Å². The van der Waals surface area contributed by atoms with Crippen molar-refractivity contribution in [1.29, 1.82) is 0 Å². The minimum absolute atomic E-state index is 0.00719. The molecule has 2 aliphatic heterocycles. The van der Waals surface area contributed by atoms with Crippen molar-refractivity contribution in [3.63, 3.8) is 0 Å². The zero-order chi connectivity index (χ0) is 19.9. The SMILES string of the molecule is c1ncn(-c2ccc(Oc3nnnn3[C@H]3CO[C@H]4[C@@H]3OC[C@@H]4NCC3CC3)cc2)n1. The van der Waals surface area contributed by atoms with E-state index in [1.807, 2.05) is 24.3 Å². The molecule has 0 amide bonds. The molecule has 0 unspecified atom stereocenters. The highest BCUT2D eigenvalue weighted by atomic mass is 16.6. The number of tetrazole rings is 1. The third-order valence-corrected chi connectivity index (χ3v) is 5.90. The van der Waals surface area contributed by atoms with E-state index in [1.165, 1.54) is 19.2 Å². The lowest BCUT2D eigenvalue weighted by molar-refractivity contribution is 0.0611. The Morgan fingerprint density at radius 3 is 2.77 bits per heavy atom. The Bertz CT molecular complexity index is 988. The number of nitrogens with zero attached hydrogens (tertiary/aromatic N) is 7. The molecule has 0 radical (unpaired) electrons. The van der Waals surface area contributed by atoms with Gasteiger partial charge in [-0.25, -0.2) is 9.67 Å². The lowest BCUT2D eigenvalue weighted by Gasteiger charge is -2.18. The summed E-state index contributed by atoms with van der Waals surface area (Å²) in [6.45, 7) is 2.17. The molecule has 3 fully saturated rings. The van der Waals surface area contributed by atoms with Crippen molar-refractivity contribution in [3.8, 4) is 17.4 Å². The smallest absolute Gasteiger partial charge is 0.341 e. The second kappa shape index (κ2) is 7.42. The minimum atomic E-state index is -0.123. The van der Waals surface area contributed by atoms with Gasteiger partial charge >= 0.3 is 6.01 Å². The number of hydrogen-bond donors (Lipinski definition) is 1. The fraction of sp³-hybridized carbons (Fsp3) is 0.526. The van der Waals surface area contributed by atoms with Crippen LogP contribution in [-0.4, -0.2) is 73.0 Å². The Morgan fingerprint density at radius 1 is 1.10 bits per heavy atom. The number of hydrogen-bond acceptors (Lipinski definition) is 9. The molecule has 3 aliphatic rings. The summed E-state index contributed by atoms with van der Waals surface area (Å²) < 4.78 is 21.4. The number of ether oxygens (including phenoxy) is 3. The van der Waals surface area contributed by atoms with Gasteiger partial charge in [-0.1, -0.05) is 5.10 Å². The number of aromatic nitrogens is 7. The Labute approximate surface area is 172 Å². The summed E-state index contributed by atoms with van der Waals surface area (Å²) in [7, 11) is 0. The van der Waals surface area contributed by atoms with Gasteiger partial charge in [0.05, 0.1) is 24.9 Å². The number of rotatable bonds is 7. The first-order valence-corrected chi connectivity index (χ1v) is 10.2. The summed E-state index contributed by atoms with van der Waals surface area (Å²) in [6.07, 6.45) is 5.69. The maximum Gasteiger partial charge on any atom is 0.341 e. The second-order valence-electron chi connectivity index (χ2n) is 7.96. The molecule has 1 aromatic carbocycles. The molecule has 3 aromatic rings. The molecule has 0 bridgehead atoms. The average Bonchev–Trinajstić information content (AvgIpc) is 3.21. The maximum absolute atomic E-state index is 6.07. The van der Waals surface area contributed by atoms with E-state index in [1.54, 1.807) is 15.7 Å². The first kappa shape index (κ1) is 17.9. The zero-order valence-electron chi connectivity index (χ0n) is 16.2. The fourth-order valence-corrected chi connectivity index (χ4v) is 4.08. The summed E-state index contributed by atoms with van der Waals surface area (Å²) in [5.74, 6) is 1.44. The third kappa shape index (κ3) is 3.34. The molecule has 11 heteroatoms. The summed E-state index contributed by atoms with van der Waals surface area (Å²) in [6, 6.07) is 7.87. The van der Waals surface area contributed by atoms with Gasteiger partial charge in [0.25, 0.3) is 0 Å². The van der Waals surface area contributed by atoms with Crippen LogP contribution in [0.5, 0.6) is 11.8 Å². The van der Waals surface area contributed by atoms with Crippen LogP contribution in [0.3, 0.4) is 0 Å². The zero-order valence-corrected chi connectivity index (χ0v) is 16.2. The van der Waals surface area contributed by atoms with Crippen molar-refractivity contribution in [2.45, 2.75) is 37.1 Å². The van der Waals surface area contributed by atoms with E-state index in [4.69, 9.17) is 14.2 Å². The van der Waals surface area contributed by atoms with E-state index in [-0.39, 0.29) is 24.3 Å². The van der Waals surface area contributed by atoms with Crippen molar-refractivity contribution in [2.75, 3.05) is 19.8 Å². The van der Waals surface area contributed by atoms with Gasteiger partial charge in [0, 0.05) is 0 Å². The first-order chi connectivity index (χ1) is 14.8. The van der Waals surface area contributed by atoms with E-state index in [2.05, 4.69) is 30.9 Å². The minimum Gasteiger partial charge on any atom is -0.423 e. The van der Waals surface area contributed by atoms with Crippen LogP contribution in [0.4, 0.5) is 0 Å². The number of nitrogens with one attached hydrogen (secondary N) is 1. The van der Waals surface area contributed by atoms with Crippen LogP contribution >= 0.6 is 0 Å². The van der Waals surface area contributed by atoms with Crippen LogP contribution in [0.25, 0.3) is 5.69 Å². The molecule has 11 nitrogen and oxygen atoms in total. The van der Waals surface area contributed by atoms with Gasteiger partial charge in [0.15, 0.2) is 0 Å². The highest BCUT2D eigenvalue weighted by Gasteiger charge is 2.49. The molecule has 4 heterocycles. The van der Waals surface area contributed by atoms with E-state index < -0.39 is 0 Å². The van der Waals surface area contributed by atoms with Gasteiger partial charge in [0.1, 0.15) is 36.7 Å². The van der Waals surface area contributed by atoms with Gasteiger partial charge in [0.2, 0.25) is 0 Å². The van der Waals surface area contributed by atoms with Crippen molar-refractivity contribution in [1.82, 2.24) is 40.3 Å². The van der Waals surface area contributed by atoms with E-state index >= 15 is 0 Å². The molecular weight excluding hydrogens is 388 g/mol. The summed E-state index contributed by atoms with van der Waals surface area (Å²) in [5, 5.41) is 19.7. The van der Waals surface area contributed by atoms with Crippen LogP contribution in [0.1, 0.15) is 18.9 Å². The van der Waals surface area contributed by atoms with Crippen LogP contribution in [0, 0.1) is 5.92 Å². The van der Waals surface area contributed by atoms with Gasteiger partial charge in [-0.15, -0.1) is 0 Å². The molecule has 6 rings (SSSR count). The van der Waals surface area contributed by atoms with Gasteiger partial charge in [-0.3, -0.25) is 0 Å². The molecule has 2 aromatic heterocycles. The third-order valence-electron chi connectivity index (χ3n) is 5.90. The topological polar surface area (TPSA) is 114 Å². The molecule has 1 N–H and O–H groups in total. The van der Waals surface area contributed by atoms with Gasteiger partial charge in [-0.2, -0.15) is 9.78 Å². The van der Waals surface area contributed by atoms with Crippen molar-refractivity contribution in [2.24, 2.45) is 5.92 Å². The van der Waals surface area contributed by atoms with E-state index in [0.717, 1.165) is 18.2 Å². The highest BCUT2D eigenvalue weighted by molar-refractivity contribution is 5.37. The Kier molecular flexibility index (Phi) is 4.43. The average molecular weight is 410 g/mol. The fourth-order valence-electron chi connectivity index (χ4n) is 4.08. The lowest BCUT2D eigenvalue weighted by Crippen LogP contribution is -2.41. The van der Waals surface area contributed by atoms with E-state index in [9.17, 15) is 0 Å². The van der Waals surface area contributed by atoms with Crippen LogP contribution < -0.4 is 10.1 Å². The first-order valence-electron chi connectivity index (χ1n) is 10.2. The molecule has 4 atom stereocenters. The highest BCUT2D eigenvalue weighted by Crippen LogP contribution is 2.36. The lowest BCUT2D eigenvalue weighted by atomic mass is 10.1. The summed E-state index contributed by atoms with van der Waals surface area (Å²) in [4.78, 5) is 3.95. The van der Waals surface area contributed by atoms with Crippen molar-refractivity contribution >= 4 is 0 Å².